The van der Waals surface area contributed by atoms with Crippen LogP contribution in [-0.2, 0) is 19.1 Å². The number of carbonyl (C=O) groups is 3. The Labute approximate surface area is 88.4 Å². The van der Waals surface area contributed by atoms with Gasteiger partial charge in [-0.3, -0.25) is 14.4 Å². The molecule has 84 valence electrons. The second-order valence-electron chi connectivity index (χ2n) is 3.87. The van der Waals surface area contributed by atoms with Crippen molar-refractivity contribution in [3.05, 3.63) is 0 Å². The standard InChI is InChI=1S/C10H15NO4/c1-7(12)11-5-4-8(13)10(11,2)6-9(14)15-3/h4-6H2,1-3H3/t10-/m0/s1. The lowest BCUT2D eigenvalue weighted by Gasteiger charge is -2.31. The average molecular weight is 213 g/mol. The van der Waals surface area contributed by atoms with Gasteiger partial charge in [0.2, 0.25) is 5.91 Å². The van der Waals surface area contributed by atoms with E-state index in [1.165, 1.54) is 18.9 Å². The first-order valence-corrected chi connectivity index (χ1v) is 4.80. The van der Waals surface area contributed by atoms with Crippen molar-refractivity contribution in [3.63, 3.8) is 0 Å². The van der Waals surface area contributed by atoms with Crippen LogP contribution in [0.25, 0.3) is 0 Å². The minimum Gasteiger partial charge on any atom is -0.469 e. The van der Waals surface area contributed by atoms with Gasteiger partial charge in [-0.1, -0.05) is 0 Å². The average Bonchev–Trinajstić information content (AvgIpc) is 2.43. The normalized spacial score (nSPS) is 25.5. The van der Waals surface area contributed by atoms with Crippen molar-refractivity contribution < 1.29 is 19.1 Å². The first-order valence-electron chi connectivity index (χ1n) is 4.80. The van der Waals surface area contributed by atoms with Gasteiger partial charge in [-0.25, -0.2) is 0 Å². The van der Waals surface area contributed by atoms with Crippen LogP contribution in [0.15, 0.2) is 0 Å². The molecular formula is C10H15NO4. The Morgan fingerprint density at radius 3 is 2.60 bits per heavy atom. The zero-order chi connectivity index (χ0) is 11.6. The summed E-state index contributed by atoms with van der Waals surface area (Å²) in [6.45, 7) is 3.40. The van der Waals surface area contributed by atoms with E-state index in [2.05, 4.69) is 4.74 Å². The molecule has 1 saturated heterocycles. The van der Waals surface area contributed by atoms with E-state index >= 15 is 0 Å². The highest BCUT2D eigenvalue weighted by molar-refractivity contribution is 5.98. The topological polar surface area (TPSA) is 63.7 Å². The molecule has 0 unspecified atom stereocenters. The second kappa shape index (κ2) is 4.00. The summed E-state index contributed by atoms with van der Waals surface area (Å²) in [7, 11) is 1.27. The Morgan fingerprint density at radius 2 is 2.13 bits per heavy atom. The van der Waals surface area contributed by atoms with Gasteiger partial charge < -0.3 is 9.64 Å². The van der Waals surface area contributed by atoms with Crippen molar-refractivity contribution in [2.75, 3.05) is 13.7 Å². The number of hydrogen-bond acceptors (Lipinski definition) is 4. The number of ketones is 1. The Balaban J connectivity index is 2.90. The molecule has 5 heteroatoms. The van der Waals surface area contributed by atoms with Crippen molar-refractivity contribution in [2.24, 2.45) is 0 Å². The largest absolute Gasteiger partial charge is 0.469 e. The number of nitrogens with zero attached hydrogens (tertiary/aromatic N) is 1. The van der Waals surface area contributed by atoms with Crippen molar-refractivity contribution in [3.8, 4) is 0 Å². The molecule has 0 aromatic carbocycles. The number of ether oxygens (including phenoxy) is 1. The zero-order valence-electron chi connectivity index (χ0n) is 9.20. The lowest BCUT2D eigenvalue weighted by molar-refractivity contribution is -0.148. The summed E-state index contributed by atoms with van der Waals surface area (Å²) in [5.41, 5.74) is -1.01. The van der Waals surface area contributed by atoms with E-state index in [1.807, 2.05) is 0 Å². The Morgan fingerprint density at radius 1 is 1.53 bits per heavy atom. The summed E-state index contributed by atoms with van der Waals surface area (Å²) in [4.78, 5) is 35.6. The maximum atomic E-state index is 11.7. The van der Waals surface area contributed by atoms with Crippen LogP contribution >= 0.6 is 0 Å². The van der Waals surface area contributed by atoms with E-state index in [0.29, 0.717) is 13.0 Å². The first-order chi connectivity index (χ1) is 6.91. The van der Waals surface area contributed by atoms with Crippen LogP contribution < -0.4 is 0 Å². The second-order valence-corrected chi connectivity index (χ2v) is 3.87. The van der Waals surface area contributed by atoms with E-state index in [4.69, 9.17) is 0 Å². The molecule has 1 atom stereocenters. The van der Waals surface area contributed by atoms with Crippen molar-refractivity contribution in [1.82, 2.24) is 4.90 Å². The van der Waals surface area contributed by atoms with Gasteiger partial charge in [-0.2, -0.15) is 0 Å². The molecule has 0 radical (unpaired) electrons. The Kier molecular flexibility index (Phi) is 3.12. The number of esters is 1. The molecule has 0 saturated carbocycles. The zero-order valence-corrected chi connectivity index (χ0v) is 9.20. The molecule has 15 heavy (non-hydrogen) atoms. The summed E-state index contributed by atoms with van der Waals surface area (Å²) in [6.07, 6.45) is 0.245. The Hall–Kier alpha value is -1.39. The quantitative estimate of drug-likeness (QED) is 0.611. The van der Waals surface area contributed by atoms with Gasteiger partial charge in [0.1, 0.15) is 5.54 Å². The molecule has 1 heterocycles. The number of amides is 1. The number of hydrogen-bond donors (Lipinski definition) is 0. The first kappa shape index (κ1) is 11.7. The molecule has 0 aliphatic carbocycles. The van der Waals surface area contributed by atoms with E-state index in [1.54, 1.807) is 6.92 Å². The predicted molar refractivity (Wildman–Crippen MR) is 52.0 cm³/mol. The summed E-state index contributed by atoms with van der Waals surface area (Å²) in [5, 5.41) is 0. The van der Waals surface area contributed by atoms with E-state index in [-0.39, 0.29) is 18.1 Å². The minimum absolute atomic E-state index is 0.0675. The highest BCUT2D eigenvalue weighted by Crippen LogP contribution is 2.29. The fourth-order valence-electron chi connectivity index (χ4n) is 1.93. The highest BCUT2D eigenvalue weighted by atomic mass is 16.5. The fraction of sp³-hybridized carbons (Fsp3) is 0.700. The van der Waals surface area contributed by atoms with Gasteiger partial charge >= 0.3 is 5.97 Å². The van der Waals surface area contributed by atoms with Crippen LogP contribution in [0.1, 0.15) is 26.7 Å². The van der Waals surface area contributed by atoms with Crippen molar-refractivity contribution in [1.29, 1.82) is 0 Å². The monoisotopic (exact) mass is 213 g/mol. The maximum absolute atomic E-state index is 11.7. The minimum atomic E-state index is -1.01. The van der Waals surface area contributed by atoms with E-state index < -0.39 is 11.5 Å². The molecule has 0 aromatic heterocycles. The van der Waals surface area contributed by atoms with Gasteiger partial charge in [0.05, 0.1) is 13.5 Å². The van der Waals surface area contributed by atoms with Crippen LogP contribution in [0.5, 0.6) is 0 Å². The third-order valence-electron chi connectivity index (χ3n) is 2.86. The van der Waals surface area contributed by atoms with Gasteiger partial charge in [-0.15, -0.1) is 0 Å². The Bertz CT molecular complexity index is 313. The predicted octanol–water partition coefficient (Wildman–Crippen LogP) is 0.129. The molecule has 0 bridgehead atoms. The molecule has 5 nitrogen and oxygen atoms in total. The summed E-state index contributed by atoms with van der Waals surface area (Å²) in [5.74, 6) is -0.741. The molecule has 1 aliphatic rings. The maximum Gasteiger partial charge on any atom is 0.308 e. The molecule has 0 N–H and O–H groups in total. The molecule has 1 fully saturated rings. The third kappa shape index (κ3) is 2.00. The molecule has 1 rings (SSSR count). The third-order valence-corrected chi connectivity index (χ3v) is 2.86. The molecule has 0 aromatic rings. The summed E-state index contributed by atoms with van der Waals surface area (Å²) < 4.78 is 4.52. The van der Waals surface area contributed by atoms with E-state index in [0.717, 1.165) is 0 Å². The van der Waals surface area contributed by atoms with Crippen molar-refractivity contribution >= 4 is 17.7 Å². The van der Waals surface area contributed by atoms with E-state index in [9.17, 15) is 14.4 Å². The van der Waals surface area contributed by atoms with Crippen LogP contribution in [0, 0.1) is 0 Å². The van der Waals surface area contributed by atoms with Gasteiger partial charge in [-0.05, 0) is 6.92 Å². The SMILES string of the molecule is COC(=O)C[C@@]1(C)C(=O)CCN1C(C)=O. The fourth-order valence-corrected chi connectivity index (χ4v) is 1.93. The van der Waals surface area contributed by atoms with Gasteiger partial charge in [0.15, 0.2) is 5.78 Å². The summed E-state index contributed by atoms with van der Waals surface area (Å²) >= 11 is 0. The van der Waals surface area contributed by atoms with Crippen LogP contribution in [0.2, 0.25) is 0 Å². The summed E-state index contributed by atoms with van der Waals surface area (Å²) in [6, 6.07) is 0. The molecular weight excluding hydrogens is 198 g/mol. The number of carbonyl (C=O) groups excluding carboxylic acids is 3. The van der Waals surface area contributed by atoms with Crippen molar-refractivity contribution in [2.45, 2.75) is 32.2 Å². The lowest BCUT2D eigenvalue weighted by atomic mass is 9.93. The number of rotatable bonds is 2. The number of Topliss-reactive ketones (excluding diaryl/α,β-unsaturated/α-hetero) is 1. The number of likely N-dealkylation sites (tertiary alicyclic amines) is 1. The van der Waals surface area contributed by atoms with Crippen LogP contribution in [0.3, 0.4) is 0 Å². The smallest absolute Gasteiger partial charge is 0.308 e. The number of methoxy groups -OCH3 is 1. The lowest BCUT2D eigenvalue weighted by Crippen LogP contribution is -2.49. The van der Waals surface area contributed by atoms with Crippen LogP contribution in [-0.4, -0.2) is 41.8 Å². The molecule has 0 spiro atoms. The highest BCUT2D eigenvalue weighted by Gasteiger charge is 2.47. The van der Waals surface area contributed by atoms with Gasteiger partial charge in [0.25, 0.3) is 0 Å². The van der Waals surface area contributed by atoms with Gasteiger partial charge in [0, 0.05) is 19.9 Å². The molecule has 1 aliphatic heterocycles. The molecule has 1 amide bonds. The van der Waals surface area contributed by atoms with Crippen LogP contribution in [0.4, 0.5) is 0 Å².